The Morgan fingerprint density at radius 1 is 1.60 bits per heavy atom. The third-order valence-electron chi connectivity index (χ3n) is 2.59. The average molecular weight is 208 g/mol. The summed E-state index contributed by atoms with van der Waals surface area (Å²) in [6.45, 7) is -0.0599. The molecule has 0 spiro atoms. The molecule has 0 fully saturated rings. The first-order valence-corrected chi connectivity index (χ1v) is 4.86. The number of hydrogen-bond donors (Lipinski definition) is 0. The van der Waals surface area contributed by atoms with Gasteiger partial charge in [-0.3, -0.25) is 14.2 Å². The molecule has 1 aliphatic carbocycles. The summed E-state index contributed by atoms with van der Waals surface area (Å²) in [6.07, 6.45) is 4.02. The van der Waals surface area contributed by atoms with Gasteiger partial charge >= 0.3 is 5.97 Å². The molecule has 80 valence electrons. The van der Waals surface area contributed by atoms with Crippen molar-refractivity contribution in [2.75, 3.05) is 7.11 Å². The lowest BCUT2D eigenvalue weighted by atomic mass is 10.2. The average Bonchev–Trinajstić information content (AvgIpc) is 2.70. The van der Waals surface area contributed by atoms with Crippen molar-refractivity contribution in [1.29, 1.82) is 0 Å². The van der Waals surface area contributed by atoms with Crippen LogP contribution in [0.2, 0.25) is 0 Å². The number of methoxy groups -OCH3 is 1. The topological polar surface area (TPSA) is 61.2 Å². The van der Waals surface area contributed by atoms with Crippen LogP contribution in [0.15, 0.2) is 11.1 Å². The van der Waals surface area contributed by atoms with Crippen molar-refractivity contribution >= 4 is 5.97 Å². The van der Waals surface area contributed by atoms with Crippen molar-refractivity contribution in [2.24, 2.45) is 0 Å². The molecule has 0 saturated carbocycles. The highest BCUT2D eigenvalue weighted by Crippen LogP contribution is 2.14. The lowest BCUT2D eigenvalue weighted by Gasteiger charge is -2.05. The van der Waals surface area contributed by atoms with Crippen LogP contribution in [-0.4, -0.2) is 22.6 Å². The van der Waals surface area contributed by atoms with Gasteiger partial charge < -0.3 is 4.74 Å². The highest BCUT2D eigenvalue weighted by Gasteiger charge is 2.17. The molecule has 1 aromatic heterocycles. The zero-order valence-electron chi connectivity index (χ0n) is 8.52. The molecule has 1 heterocycles. The molecule has 0 saturated heterocycles. The fourth-order valence-electron chi connectivity index (χ4n) is 1.78. The number of hydrogen-bond acceptors (Lipinski definition) is 4. The van der Waals surface area contributed by atoms with Crippen LogP contribution >= 0.6 is 0 Å². The van der Waals surface area contributed by atoms with Crippen LogP contribution in [-0.2, 0) is 28.9 Å². The van der Waals surface area contributed by atoms with Gasteiger partial charge in [-0.25, -0.2) is 4.98 Å². The van der Waals surface area contributed by atoms with Crippen LogP contribution in [0, 0.1) is 0 Å². The summed E-state index contributed by atoms with van der Waals surface area (Å²) < 4.78 is 5.80. The van der Waals surface area contributed by atoms with E-state index in [0.717, 1.165) is 30.5 Å². The van der Waals surface area contributed by atoms with Crippen LogP contribution in [0.3, 0.4) is 0 Å². The molecule has 0 atom stereocenters. The number of fused-ring (bicyclic) bond motifs is 1. The first-order chi connectivity index (χ1) is 7.22. The molecule has 0 aromatic carbocycles. The molecule has 2 rings (SSSR count). The highest BCUT2D eigenvalue weighted by molar-refractivity contribution is 5.68. The minimum atomic E-state index is -0.433. The van der Waals surface area contributed by atoms with Crippen LogP contribution in [0.25, 0.3) is 0 Å². The number of rotatable bonds is 2. The number of esters is 1. The van der Waals surface area contributed by atoms with Crippen LogP contribution in [0.4, 0.5) is 0 Å². The van der Waals surface area contributed by atoms with E-state index in [4.69, 9.17) is 0 Å². The maximum absolute atomic E-state index is 11.8. The number of ether oxygens (including phenoxy) is 1. The van der Waals surface area contributed by atoms with Gasteiger partial charge in [0.05, 0.1) is 19.1 Å². The molecule has 0 N–H and O–H groups in total. The summed E-state index contributed by atoms with van der Waals surface area (Å²) in [6, 6.07) is 0. The minimum absolute atomic E-state index is 0.0599. The Hall–Kier alpha value is -1.65. The molecule has 1 aliphatic rings. The van der Waals surface area contributed by atoms with Crippen LogP contribution in [0.1, 0.15) is 17.7 Å². The third kappa shape index (κ3) is 1.77. The summed E-state index contributed by atoms with van der Waals surface area (Å²) in [5, 5.41) is 0. The molecule has 0 aliphatic heterocycles. The molecule has 5 heteroatoms. The van der Waals surface area contributed by atoms with Gasteiger partial charge in [-0.05, 0) is 19.3 Å². The predicted octanol–water partition coefficient (Wildman–Crippen LogP) is -0.0950. The maximum atomic E-state index is 11.8. The van der Waals surface area contributed by atoms with Crippen LogP contribution < -0.4 is 5.56 Å². The first-order valence-electron chi connectivity index (χ1n) is 4.86. The molecular weight excluding hydrogens is 196 g/mol. The Morgan fingerprint density at radius 2 is 2.40 bits per heavy atom. The molecule has 0 amide bonds. The summed E-state index contributed by atoms with van der Waals surface area (Å²) >= 11 is 0. The van der Waals surface area contributed by atoms with Gasteiger partial charge in [-0.2, -0.15) is 0 Å². The Balaban J connectivity index is 2.35. The molecule has 0 bridgehead atoms. The van der Waals surface area contributed by atoms with E-state index in [0.29, 0.717) is 0 Å². The zero-order chi connectivity index (χ0) is 10.8. The van der Waals surface area contributed by atoms with E-state index in [1.54, 1.807) is 0 Å². The van der Waals surface area contributed by atoms with Crippen molar-refractivity contribution in [3.8, 4) is 0 Å². The Bertz CT molecular complexity index is 450. The summed E-state index contributed by atoms with van der Waals surface area (Å²) in [4.78, 5) is 27.0. The number of aromatic nitrogens is 2. The largest absolute Gasteiger partial charge is 0.468 e. The smallest absolute Gasteiger partial charge is 0.325 e. The standard InChI is InChI=1S/C10H12N2O3/c1-15-9(13)5-12-6-11-8-4-2-3-7(8)10(12)14/h6H,2-5H2,1H3. The number of nitrogens with zero attached hydrogens (tertiary/aromatic N) is 2. The highest BCUT2D eigenvalue weighted by atomic mass is 16.5. The van der Waals surface area contributed by atoms with Crippen molar-refractivity contribution in [3.63, 3.8) is 0 Å². The summed E-state index contributed by atoms with van der Waals surface area (Å²) in [5.74, 6) is -0.433. The van der Waals surface area contributed by atoms with Gasteiger partial charge in [0, 0.05) is 5.56 Å². The normalized spacial score (nSPS) is 13.7. The van der Waals surface area contributed by atoms with Crippen molar-refractivity contribution in [2.45, 2.75) is 25.8 Å². The second kappa shape index (κ2) is 3.84. The monoisotopic (exact) mass is 208 g/mol. The van der Waals surface area contributed by atoms with Gasteiger partial charge in [-0.15, -0.1) is 0 Å². The molecule has 0 unspecified atom stereocenters. The minimum Gasteiger partial charge on any atom is -0.468 e. The van der Waals surface area contributed by atoms with Gasteiger partial charge in [0.15, 0.2) is 0 Å². The summed E-state index contributed by atoms with van der Waals surface area (Å²) in [7, 11) is 1.30. The Labute approximate surface area is 86.7 Å². The zero-order valence-corrected chi connectivity index (χ0v) is 8.52. The van der Waals surface area contributed by atoms with E-state index in [2.05, 4.69) is 9.72 Å². The second-order valence-electron chi connectivity index (χ2n) is 3.53. The van der Waals surface area contributed by atoms with Crippen LogP contribution in [0.5, 0.6) is 0 Å². The number of aryl methyl sites for hydroxylation is 1. The van der Waals surface area contributed by atoms with Gasteiger partial charge in [-0.1, -0.05) is 0 Å². The van der Waals surface area contributed by atoms with Crippen molar-refractivity contribution < 1.29 is 9.53 Å². The van der Waals surface area contributed by atoms with E-state index in [-0.39, 0.29) is 12.1 Å². The molecule has 0 radical (unpaired) electrons. The van der Waals surface area contributed by atoms with E-state index in [1.165, 1.54) is 18.0 Å². The molecule has 1 aromatic rings. The Morgan fingerprint density at radius 3 is 3.13 bits per heavy atom. The fourth-order valence-corrected chi connectivity index (χ4v) is 1.78. The van der Waals surface area contributed by atoms with E-state index in [9.17, 15) is 9.59 Å². The lowest BCUT2D eigenvalue weighted by Crippen LogP contribution is -2.27. The van der Waals surface area contributed by atoms with E-state index < -0.39 is 5.97 Å². The van der Waals surface area contributed by atoms with Crippen molar-refractivity contribution in [1.82, 2.24) is 9.55 Å². The molecular formula is C10H12N2O3. The van der Waals surface area contributed by atoms with Crippen molar-refractivity contribution in [3.05, 3.63) is 27.9 Å². The Kier molecular flexibility index (Phi) is 2.53. The SMILES string of the molecule is COC(=O)Cn1cnc2c(c1=O)CCC2. The van der Waals surface area contributed by atoms with E-state index >= 15 is 0 Å². The first kappa shape index (κ1) is 9.89. The molecule has 15 heavy (non-hydrogen) atoms. The predicted molar refractivity (Wildman–Crippen MR) is 52.5 cm³/mol. The maximum Gasteiger partial charge on any atom is 0.325 e. The molecule has 5 nitrogen and oxygen atoms in total. The quantitative estimate of drug-likeness (QED) is 0.637. The third-order valence-corrected chi connectivity index (χ3v) is 2.59. The van der Waals surface area contributed by atoms with Gasteiger partial charge in [0.2, 0.25) is 0 Å². The summed E-state index contributed by atoms with van der Waals surface area (Å²) in [5.41, 5.74) is 1.52. The van der Waals surface area contributed by atoms with Gasteiger partial charge in [0.25, 0.3) is 5.56 Å². The van der Waals surface area contributed by atoms with E-state index in [1.807, 2.05) is 0 Å². The van der Waals surface area contributed by atoms with Gasteiger partial charge in [0.1, 0.15) is 6.54 Å². The second-order valence-corrected chi connectivity index (χ2v) is 3.53. The number of carbonyl (C=O) groups excluding carboxylic acids is 1. The number of carbonyl (C=O) groups is 1. The fraction of sp³-hybridized carbons (Fsp3) is 0.500. The lowest BCUT2D eigenvalue weighted by molar-refractivity contribution is -0.141.